The number of aryl methyl sites for hydroxylation is 1. The lowest BCUT2D eigenvalue weighted by Gasteiger charge is -2.21. The lowest BCUT2D eigenvalue weighted by molar-refractivity contribution is 0.0988. The number of anilines is 2. The fourth-order valence-corrected chi connectivity index (χ4v) is 2.68. The second-order valence-electron chi connectivity index (χ2n) is 6.43. The molecule has 134 valence electrons. The van der Waals surface area contributed by atoms with Gasteiger partial charge in [0.25, 0.3) is 5.91 Å². The summed E-state index contributed by atoms with van der Waals surface area (Å²) in [5.74, 6) is -0.0301. The molecule has 0 aliphatic carbocycles. The molecule has 0 aliphatic heterocycles. The summed E-state index contributed by atoms with van der Waals surface area (Å²) in [6.45, 7) is 6.50. The quantitative estimate of drug-likeness (QED) is 0.748. The normalized spacial score (nSPS) is 10.8. The average molecular weight is 340 g/mol. The molecule has 2 aromatic rings. The Morgan fingerprint density at radius 1 is 1.20 bits per heavy atom. The maximum atomic E-state index is 12.9. The summed E-state index contributed by atoms with van der Waals surface area (Å²) in [4.78, 5) is 21.1. The fraction of sp³-hybridized carbons (Fsp3) is 0.400. The topological polar surface area (TPSA) is 48.5 Å². The Balaban J connectivity index is 2.08. The molecular weight excluding hydrogens is 312 g/mol. The molecule has 0 fully saturated rings. The van der Waals surface area contributed by atoms with Crippen LogP contribution in [-0.2, 0) is 0 Å². The summed E-state index contributed by atoms with van der Waals surface area (Å²) in [7, 11) is 4.12. The number of hydrogen-bond acceptors (Lipinski definition) is 4. The van der Waals surface area contributed by atoms with Crippen LogP contribution < -0.4 is 10.2 Å². The van der Waals surface area contributed by atoms with Crippen molar-refractivity contribution in [2.75, 3.05) is 43.9 Å². The maximum Gasteiger partial charge on any atom is 0.259 e. The second-order valence-corrected chi connectivity index (χ2v) is 6.43. The molecule has 0 radical (unpaired) electrons. The standard InChI is InChI=1S/C20H28N4O/c1-5-24(19-9-6-8-16(2)12-19)20(25)17-13-18(15-21-14-17)22-10-7-11-23(3)4/h6,8-9,12-15,22H,5,7,10-11H2,1-4H3. The number of amides is 1. The Hall–Kier alpha value is -2.40. The van der Waals surface area contributed by atoms with Crippen LogP contribution in [0.25, 0.3) is 0 Å². The van der Waals surface area contributed by atoms with E-state index in [1.807, 2.05) is 44.2 Å². The van der Waals surface area contributed by atoms with Crippen LogP contribution in [0, 0.1) is 6.92 Å². The number of nitrogens with zero attached hydrogens (tertiary/aromatic N) is 3. The molecule has 1 aromatic heterocycles. The molecule has 5 heteroatoms. The smallest absolute Gasteiger partial charge is 0.259 e. The van der Waals surface area contributed by atoms with Gasteiger partial charge in [-0.2, -0.15) is 0 Å². The van der Waals surface area contributed by atoms with Gasteiger partial charge in [0.2, 0.25) is 0 Å². The van der Waals surface area contributed by atoms with E-state index in [9.17, 15) is 4.79 Å². The van der Waals surface area contributed by atoms with Gasteiger partial charge < -0.3 is 15.1 Å². The Kier molecular flexibility index (Phi) is 6.95. The number of hydrogen-bond donors (Lipinski definition) is 1. The van der Waals surface area contributed by atoms with Crippen molar-refractivity contribution >= 4 is 17.3 Å². The molecular formula is C20H28N4O. The van der Waals surface area contributed by atoms with Gasteiger partial charge in [-0.05, 0) is 64.7 Å². The Bertz CT molecular complexity index is 700. The van der Waals surface area contributed by atoms with Crippen molar-refractivity contribution in [2.45, 2.75) is 20.3 Å². The van der Waals surface area contributed by atoms with Crippen LogP contribution in [0.4, 0.5) is 11.4 Å². The van der Waals surface area contributed by atoms with Gasteiger partial charge in [-0.1, -0.05) is 12.1 Å². The zero-order valence-corrected chi connectivity index (χ0v) is 15.6. The zero-order chi connectivity index (χ0) is 18.2. The Labute approximate surface area is 150 Å². The number of benzene rings is 1. The minimum absolute atomic E-state index is 0.0301. The Morgan fingerprint density at radius 2 is 2.00 bits per heavy atom. The third-order valence-electron chi connectivity index (χ3n) is 3.97. The van der Waals surface area contributed by atoms with Crippen molar-refractivity contribution < 1.29 is 4.79 Å². The molecule has 0 saturated carbocycles. The number of pyridine rings is 1. The van der Waals surface area contributed by atoms with Gasteiger partial charge in [0.05, 0.1) is 11.3 Å². The SMILES string of the molecule is CCN(C(=O)c1cncc(NCCCN(C)C)c1)c1cccc(C)c1. The molecule has 1 heterocycles. The van der Waals surface area contributed by atoms with E-state index >= 15 is 0 Å². The van der Waals surface area contributed by atoms with Crippen molar-refractivity contribution in [3.63, 3.8) is 0 Å². The molecule has 0 spiro atoms. The van der Waals surface area contributed by atoms with Crippen LogP contribution in [0.1, 0.15) is 29.3 Å². The van der Waals surface area contributed by atoms with Crippen molar-refractivity contribution in [1.82, 2.24) is 9.88 Å². The lowest BCUT2D eigenvalue weighted by atomic mass is 10.1. The van der Waals surface area contributed by atoms with Crippen molar-refractivity contribution in [2.24, 2.45) is 0 Å². The summed E-state index contributed by atoms with van der Waals surface area (Å²) >= 11 is 0. The van der Waals surface area contributed by atoms with E-state index in [0.29, 0.717) is 12.1 Å². The van der Waals surface area contributed by atoms with Gasteiger partial charge in [0.1, 0.15) is 0 Å². The average Bonchev–Trinajstić information content (AvgIpc) is 2.59. The van der Waals surface area contributed by atoms with Crippen molar-refractivity contribution in [3.8, 4) is 0 Å². The molecule has 5 nitrogen and oxygen atoms in total. The van der Waals surface area contributed by atoms with E-state index in [4.69, 9.17) is 0 Å². The predicted octanol–water partition coefficient (Wildman–Crippen LogP) is 3.42. The highest BCUT2D eigenvalue weighted by atomic mass is 16.2. The molecule has 2 rings (SSSR count). The van der Waals surface area contributed by atoms with Crippen molar-refractivity contribution in [3.05, 3.63) is 53.9 Å². The number of nitrogens with one attached hydrogen (secondary N) is 1. The number of carbonyl (C=O) groups is 1. The molecule has 25 heavy (non-hydrogen) atoms. The number of aromatic nitrogens is 1. The van der Waals surface area contributed by atoms with E-state index in [1.54, 1.807) is 17.3 Å². The molecule has 1 amide bonds. The largest absolute Gasteiger partial charge is 0.384 e. The summed E-state index contributed by atoms with van der Waals surface area (Å²) in [5, 5.41) is 3.34. The van der Waals surface area contributed by atoms with Crippen LogP contribution in [0.15, 0.2) is 42.7 Å². The molecule has 0 aliphatic rings. The van der Waals surface area contributed by atoms with E-state index in [0.717, 1.165) is 36.4 Å². The number of carbonyl (C=O) groups excluding carboxylic acids is 1. The first-order valence-corrected chi connectivity index (χ1v) is 8.73. The van der Waals surface area contributed by atoms with E-state index in [2.05, 4.69) is 29.3 Å². The van der Waals surface area contributed by atoms with Gasteiger partial charge >= 0.3 is 0 Å². The molecule has 0 saturated heterocycles. The van der Waals surface area contributed by atoms with E-state index in [-0.39, 0.29) is 5.91 Å². The first-order chi connectivity index (χ1) is 12.0. The predicted molar refractivity (Wildman–Crippen MR) is 104 cm³/mol. The maximum absolute atomic E-state index is 12.9. The molecule has 0 atom stereocenters. The summed E-state index contributed by atoms with van der Waals surface area (Å²) in [6.07, 6.45) is 4.43. The van der Waals surface area contributed by atoms with Gasteiger partial charge in [-0.25, -0.2) is 0 Å². The highest BCUT2D eigenvalue weighted by Crippen LogP contribution is 2.19. The third-order valence-corrected chi connectivity index (χ3v) is 3.97. The minimum Gasteiger partial charge on any atom is -0.384 e. The minimum atomic E-state index is -0.0301. The van der Waals surface area contributed by atoms with Crippen LogP contribution in [-0.4, -0.2) is 49.5 Å². The fourth-order valence-electron chi connectivity index (χ4n) is 2.68. The summed E-state index contributed by atoms with van der Waals surface area (Å²) in [5.41, 5.74) is 3.53. The lowest BCUT2D eigenvalue weighted by Crippen LogP contribution is -2.30. The molecule has 0 unspecified atom stereocenters. The van der Waals surface area contributed by atoms with Gasteiger partial charge in [-0.15, -0.1) is 0 Å². The third kappa shape index (κ3) is 5.57. The monoisotopic (exact) mass is 340 g/mol. The summed E-state index contributed by atoms with van der Waals surface area (Å²) < 4.78 is 0. The van der Waals surface area contributed by atoms with Crippen LogP contribution in [0.2, 0.25) is 0 Å². The first kappa shape index (κ1) is 18.9. The zero-order valence-electron chi connectivity index (χ0n) is 15.6. The van der Waals surface area contributed by atoms with Gasteiger partial charge in [0.15, 0.2) is 0 Å². The first-order valence-electron chi connectivity index (χ1n) is 8.73. The Morgan fingerprint density at radius 3 is 2.68 bits per heavy atom. The highest BCUT2D eigenvalue weighted by Gasteiger charge is 2.17. The number of rotatable bonds is 8. The molecule has 1 N–H and O–H groups in total. The molecule has 0 bridgehead atoms. The molecule has 1 aromatic carbocycles. The van der Waals surface area contributed by atoms with Crippen LogP contribution in [0.3, 0.4) is 0 Å². The second kappa shape index (κ2) is 9.18. The van der Waals surface area contributed by atoms with Crippen molar-refractivity contribution in [1.29, 1.82) is 0 Å². The van der Waals surface area contributed by atoms with Gasteiger partial charge in [-0.3, -0.25) is 9.78 Å². The van der Waals surface area contributed by atoms with Crippen LogP contribution in [0.5, 0.6) is 0 Å². The van der Waals surface area contributed by atoms with E-state index < -0.39 is 0 Å². The van der Waals surface area contributed by atoms with Gasteiger partial charge in [0, 0.05) is 31.2 Å². The highest BCUT2D eigenvalue weighted by molar-refractivity contribution is 6.06. The summed E-state index contributed by atoms with van der Waals surface area (Å²) in [6, 6.07) is 9.87. The van der Waals surface area contributed by atoms with E-state index in [1.165, 1.54) is 0 Å². The van der Waals surface area contributed by atoms with Crippen LogP contribution >= 0.6 is 0 Å².